The van der Waals surface area contributed by atoms with Crippen LogP contribution in [0.5, 0.6) is 0 Å². The molecule has 2 aromatic rings. The van der Waals surface area contributed by atoms with Gasteiger partial charge < -0.3 is 19.4 Å². The SMILES string of the molecule is Cc1ccc(-c2nnco2)cc1NC(=O)C1CCN(C(=O)OC(C)(C)C)CC1. The Hall–Kier alpha value is -2.90. The number of hydrogen-bond donors (Lipinski definition) is 1. The van der Waals surface area contributed by atoms with Gasteiger partial charge in [-0.2, -0.15) is 0 Å². The topological polar surface area (TPSA) is 97.6 Å². The van der Waals surface area contributed by atoms with Crippen molar-refractivity contribution < 1.29 is 18.7 Å². The van der Waals surface area contributed by atoms with Gasteiger partial charge in [-0.3, -0.25) is 4.79 Å². The van der Waals surface area contributed by atoms with E-state index in [0.717, 1.165) is 16.8 Å². The third kappa shape index (κ3) is 4.88. The fraction of sp³-hybridized carbons (Fsp3) is 0.500. The average Bonchev–Trinajstić information content (AvgIpc) is 3.17. The summed E-state index contributed by atoms with van der Waals surface area (Å²) in [5.41, 5.74) is 1.89. The Balaban J connectivity index is 1.59. The maximum absolute atomic E-state index is 12.7. The Morgan fingerprint density at radius 1 is 1.25 bits per heavy atom. The molecule has 2 amide bonds. The highest BCUT2D eigenvalue weighted by atomic mass is 16.6. The van der Waals surface area contributed by atoms with Gasteiger partial charge in [0.1, 0.15) is 5.60 Å². The van der Waals surface area contributed by atoms with Crippen molar-refractivity contribution in [1.29, 1.82) is 0 Å². The number of hydrogen-bond acceptors (Lipinski definition) is 6. The molecule has 8 nitrogen and oxygen atoms in total. The predicted octanol–water partition coefficient (Wildman–Crippen LogP) is 3.63. The second-order valence-electron chi connectivity index (χ2n) is 8.00. The summed E-state index contributed by atoms with van der Waals surface area (Å²) in [4.78, 5) is 26.5. The predicted molar refractivity (Wildman–Crippen MR) is 104 cm³/mol. The first-order valence-corrected chi connectivity index (χ1v) is 9.39. The lowest BCUT2D eigenvalue weighted by Gasteiger charge is -2.33. The van der Waals surface area contributed by atoms with E-state index in [-0.39, 0.29) is 17.9 Å². The highest BCUT2D eigenvalue weighted by Gasteiger charge is 2.30. The molecule has 150 valence electrons. The first-order valence-electron chi connectivity index (χ1n) is 9.39. The van der Waals surface area contributed by atoms with Crippen LogP contribution >= 0.6 is 0 Å². The van der Waals surface area contributed by atoms with Crippen LogP contribution in [0.2, 0.25) is 0 Å². The minimum atomic E-state index is -0.522. The first kappa shape index (κ1) is 19.9. The molecule has 0 radical (unpaired) electrons. The lowest BCUT2D eigenvalue weighted by molar-refractivity contribution is -0.121. The van der Waals surface area contributed by atoms with Gasteiger partial charge in [-0.05, 0) is 58.2 Å². The molecule has 8 heteroatoms. The van der Waals surface area contributed by atoms with Gasteiger partial charge in [-0.25, -0.2) is 4.79 Å². The van der Waals surface area contributed by atoms with Gasteiger partial charge >= 0.3 is 6.09 Å². The largest absolute Gasteiger partial charge is 0.444 e. The molecule has 0 unspecified atom stereocenters. The molecular formula is C20H26N4O4. The summed E-state index contributed by atoms with van der Waals surface area (Å²) in [5.74, 6) is 0.209. The summed E-state index contributed by atoms with van der Waals surface area (Å²) in [7, 11) is 0. The van der Waals surface area contributed by atoms with Crippen molar-refractivity contribution in [3.05, 3.63) is 30.2 Å². The molecule has 2 heterocycles. The molecule has 1 saturated heterocycles. The van der Waals surface area contributed by atoms with Crippen LogP contribution in [0.1, 0.15) is 39.2 Å². The number of benzene rings is 1. The van der Waals surface area contributed by atoms with Crippen LogP contribution in [0, 0.1) is 12.8 Å². The zero-order chi connectivity index (χ0) is 20.3. The molecule has 0 atom stereocenters. The van der Waals surface area contributed by atoms with Gasteiger partial charge in [-0.15, -0.1) is 10.2 Å². The van der Waals surface area contributed by atoms with Crippen molar-refractivity contribution in [2.24, 2.45) is 5.92 Å². The second kappa shape index (κ2) is 8.00. The van der Waals surface area contributed by atoms with Gasteiger partial charge in [0, 0.05) is 30.3 Å². The number of piperidine rings is 1. The van der Waals surface area contributed by atoms with E-state index in [1.54, 1.807) is 4.90 Å². The maximum atomic E-state index is 12.7. The summed E-state index contributed by atoms with van der Waals surface area (Å²) in [5, 5.41) is 10.6. The van der Waals surface area contributed by atoms with Crippen LogP contribution in [-0.4, -0.2) is 45.8 Å². The van der Waals surface area contributed by atoms with Crippen molar-refractivity contribution in [1.82, 2.24) is 15.1 Å². The minimum Gasteiger partial charge on any atom is -0.444 e. The quantitative estimate of drug-likeness (QED) is 0.865. The van der Waals surface area contributed by atoms with Crippen molar-refractivity contribution >= 4 is 17.7 Å². The van der Waals surface area contributed by atoms with Crippen molar-refractivity contribution in [2.75, 3.05) is 18.4 Å². The smallest absolute Gasteiger partial charge is 0.410 e. The standard InChI is InChI=1S/C20H26N4O4/c1-13-5-6-15(18-23-21-12-27-18)11-16(13)22-17(25)14-7-9-24(10-8-14)19(26)28-20(2,3)4/h5-6,11-12,14H,7-10H2,1-4H3,(H,22,25). The molecular weight excluding hydrogens is 360 g/mol. The Kier molecular flexibility index (Phi) is 5.67. The van der Waals surface area contributed by atoms with Gasteiger partial charge in [-0.1, -0.05) is 6.07 Å². The summed E-state index contributed by atoms with van der Waals surface area (Å²) in [6.07, 6.45) is 2.15. The summed E-state index contributed by atoms with van der Waals surface area (Å²) in [6.45, 7) is 8.47. The molecule has 0 bridgehead atoms. The van der Waals surface area contributed by atoms with Gasteiger partial charge in [0.2, 0.25) is 18.2 Å². The number of aromatic nitrogens is 2. The van der Waals surface area contributed by atoms with E-state index in [9.17, 15) is 9.59 Å². The number of likely N-dealkylation sites (tertiary alicyclic amines) is 1. The number of nitrogens with one attached hydrogen (secondary N) is 1. The lowest BCUT2D eigenvalue weighted by atomic mass is 9.96. The summed E-state index contributed by atoms with van der Waals surface area (Å²) < 4.78 is 10.6. The molecule has 0 saturated carbocycles. The van der Waals surface area contributed by atoms with E-state index in [4.69, 9.17) is 9.15 Å². The Morgan fingerprint density at radius 3 is 2.57 bits per heavy atom. The molecule has 1 aromatic heterocycles. The Labute approximate surface area is 164 Å². The zero-order valence-corrected chi connectivity index (χ0v) is 16.7. The minimum absolute atomic E-state index is 0.0467. The maximum Gasteiger partial charge on any atom is 0.410 e. The molecule has 1 aliphatic heterocycles. The first-order chi connectivity index (χ1) is 13.2. The highest BCUT2D eigenvalue weighted by molar-refractivity contribution is 5.94. The van der Waals surface area contributed by atoms with E-state index >= 15 is 0 Å². The normalized spacial score (nSPS) is 15.4. The van der Waals surface area contributed by atoms with Crippen LogP contribution < -0.4 is 5.32 Å². The molecule has 28 heavy (non-hydrogen) atoms. The number of carbonyl (C=O) groups excluding carboxylic acids is 2. The number of rotatable bonds is 3. The molecule has 3 rings (SSSR count). The van der Waals surface area contributed by atoms with E-state index in [0.29, 0.717) is 31.8 Å². The third-order valence-electron chi connectivity index (χ3n) is 4.62. The summed E-state index contributed by atoms with van der Waals surface area (Å²) in [6, 6.07) is 5.61. The van der Waals surface area contributed by atoms with E-state index in [1.165, 1.54) is 6.39 Å². The number of ether oxygens (including phenoxy) is 1. The van der Waals surface area contributed by atoms with Crippen molar-refractivity contribution in [2.45, 2.75) is 46.1 Å². The monoisotopic (exact) mass is 386 g/mol. The van der Waals surface area contributed by atoms with Gasteiger partial charge in [0.15, 0.2) is 0 Å². The number of carbonyl (C=O) groups is 2. The Morgan fingerprint density at radius 2 is 1.96 bits per heavy atom. The van der Waals surface area contributed by atoms with E-state index in [1.807, 2.05) is 45.9 Å². The third-order valence-corrected chi connectivity index (χ3v) is 4.62. The van der Waals surface area contributed by atoms with E-state index in [2.05, 4.69) is 15.5 Å². The summed E-state index contributed by atoms with van der Waals surface area (Å²) >= 11 is 0. The molecule has 0 aliphatic carbocycles. The van der Waals surface area contributed by atoms with Crippen molar-refractivity contribution in [3.63, 3.8) is 0 Å². The van der Waals surface area contributed by atoms with Crippen molar-refractivity contribution in [3.8, 4) is 11.5 Å². The second-order valence-corrected chi connectivity index (χ2v) is 8.00. The number of nitrogens with zero attached hydrogens (tertiary/aromatic N) is 3. The van der Waals surface area contributed by atoms with Crippen LogP contribution in [0.15, 0.2) is 29.0 Å². The number of anilines is 1. The van der Waals surface area contributed by atoms with Crippen LogP contribution in [0.25, 0.3) is 11.5 Å². The fourth-order valence-corrected chi connectivity index (χ4v) is 3.07. The highest BCUT2D eigenvalue weighted by Crippen LogP contribution is 2.26. The zero-order valence-electron chi connectivity index (χ0n) is 16.7. The number of amides is 2. The average molecular weight is 386 g/mol. The van der Waals surface area contributed by atoms with Gasteiger partial charge in [0.25, 0.3) is 0 Å². The Bertz CT molecular complexity index is 834. The number of aryl methyl sites for hydroxylation is 1. The fourth-order valence-electron chi connectivity index (χ4n) is 3.07. The van der Waals surface area contributed by atoms with Crippen LogP contribution in [-0.2, 0) is 9.53 Å². The molecule has 1 fully saturated rings. The van der Waals surface area contributed by atoms with Gasteiger partial charge in [0.05, 0.1) is 0 Å². The molecule has 1 aromatic carbocycles. The molecule has 1 N–H and O–H groups in total. The molecule has 0 spiro atoms. The molecule has 1 aliphatic rings. The van der Waals surface area contributed by atoms with Crippen LogP contribution in [0.4, 0.5) is 10.5 Å². The van der Waals surface area contributed by atoms with E-state index < -0.39 is 5.60 Å². The lowest BCUT2D eigenvalue weighted by Crippen LogP contribution is -2.43. The van der Waals surface area contributed by atoms with Crippen LogP contribution in [0.3, 0.4) is 0 Å².